The molecule has 2 aromatic heterocycles. The van der Waals surface area contributed by atoms with E-state index in [4.69, 9.17) is 15.0 Å². The number of aliphatic hydroxyl groups excluding tert-OH is 1. The number of nitrogens with two attached hydrogens (primary N) is 1. The van der Waals surface area contributed by atoms with Crippen LogP contribution in [0.2, 0.25) is 0 Å². The normalized spacial score (nSPS) is 27.6. The Balaban J connectivity index is 2.03. The first-order valence-electron chi connectivity index (χ1n) is 8.50. The first-order chi connectivity index (χ1) is 13.6. The minimum atomic E-state index is -3.82. The van der Waals surface area contributed by atoms with Gasteiger partial charge in [-0.15, -0.1) is 0 Å². The van der Waals surface area contributed by atoms with Crippen molar-refractivity contribution in [2.45, 2.75) is 32.3 Å². The Kier molecular flexibility index (Phi) is 5.64. The minimum absolute atomic E-state index is 0.00556. The first kappa shape index (κ1) is 21.6. The Bertz CT molecular complexity index is 1030. The minimum Gasteiger partial charge on any atom is -0.389 e. The number of carbonyl (C=O) groups is 1. The van der Waals surface area contributed by atoms with Crippen LogP contribution in [0.1, 0.15) is 19.0 Å². The van der Waals surface area contributed by atoms with Crippen LogP contribution in [0.3, 0.4) is 0 Å². The number of H-pyrrole nitrogens is 1. The first-order valence-corrected chi connectivity index (χ1v) is 9.96. The Labute approximate surface area is 164 Å². The number of hydrogen-bond acceptors (Lipinski definition) is 11. The second kappa shape index (κ2) is 7.59. The molecule has 0 aliphatic carbocycles. The number of phosphoric ester groups is 1. The Morgan fingerprint density at radius 3 is 2.66 bits per heavy atom. The highest BCUT2D eigenvalue weighted by molar-refractivity contribution is 7.48. The van der Waals surface area contributed by atoms with E-state index in [1.54, 1.807) is 6.92 Å². The summed E-state index contributed by atoms with van der Waals surface area (Å²) in [6.07, 6.45) is -2.96. The molecule has 3 heterocycles. The van der Waals surface area contributed by atoms with Crippen LogP contribution in [0, 0.1) is 12.3 Å². The van der Waals surface area contributed by atoms with E-state index in [0.29, 0.717) is 12.1 Å². The van der Waals surface area contributed by atoms with Crippen molar-refractivity contribution in [1.82, 2.24) is 19.5 Å². The molecule has 0 amide bonds. The summed E-state index contributed by atoms with van der Waals surface area (Å²) < 4.78 is 33.9. The molecule has 4 atom stereocenters. The summed E-state index contributed by atoms with van der Waals surface area (Å²) in [5, 5.41) is 10.7. The Hall–Kier alpha value is -2.15. The number of aliphatic hydroxyl groups is 1. The third-order valence-corrected chi connectivity index (χ3v) is 6.26. The van der Waals surface area contributed by atoms with Crippen molar-refractivity contribution in [3.8, 4) is 0 Å². The fourth-order valence-corrected chi connectivity index (χ4v) is 3.96. The van der Waals surface area contributed by atoms with Gasteiger partial charge in [0, 0.05) is 14.2 Å². The maximum Gasteiger partial charge on any atom is 0.474 e. The van der Waals surface area contributed by atoms with Gasteiger partial charge in [-0.25, -0.2) is 9.55 Å². The molecular weight excluding hydrogens is 409 g/mol. The van der Waals surface area contributed by atoms with Gasteiger partial charge in [0.2, 0.25) is 5.95 Å². The summed E-state index contributed by atoms with van der Waals surface area (Å²) in [6, 6.07) is 0. The van der Waals surface area contributed by atoms with Gasteiger partial charge in [-0.05, 0) is 13.8 Å². The molecule has 0 saturated carbocycles. The van der Waals surface area contributed by atoms with Crippen molar-refractivity contribution < 1.29 is 32.8 Å². The molecule has 1 fully saturated rings. The zero-order chi connectivity index (χ0) is 21.6. The van der Waals surface area contributed by atoms with Crippen molar-refractivity contribution >= 4 is 31.2 Å². The van der Waals surface area contributed by atoms with E-state index >= 15 is 0 Å². The van der Waals surface area contributed by atoms with Gasteiger partial charge in [-0.2, -0.15) is 4.98 Å². The summed E-state index contributed by atoms with van der Waals surface area (Å²) in [6.45, 7) is 2.68. The predicted molar refractivity (Wildman–Crippen MR) is 99.0 cm³/mol. The molecule has 1 aliphatic heterocycles. The molecule has 14 heteroatoms. The van der Waals surface area contributed by atoms with E-state index in [0.717, 1.165) is 14.2 Å². The van der Waals surface area contributed by atoms with Crippen molar-refractivity contribution in [1.29, 1.82) is 0 Å². The largest absolute Gasteiger partial charge is 0.474 e. The highest BCUT2D eigenvalue weighted by atomic mass is 31.2. The number of rotatable bonds is 7. The fraction of sp³-hybridized carbons (Fsp3) is 0.600. The molecule has 0 spiro atoms. The molecule has 0 radical (unpaired) electrons. The van der Waals surface area contributed by atoms with E-state index in [9.17, 15) is 19.3 Å². The number of nitrogen functional groups attached to an aromatic ring is 1. The summed E-state index contributed by atoms with van der Waals surface area (Å²) >= 11 is 0. The molecule has 29 heavy (non-hydrogen) atoms. The molecule has 1 aliphatic rings. The van der Waals surface area contributed by atoms with Crippen molar-refractivity contribution in [2.75, 3.05) is 26.6 Å². The monoisotopic (exact) mass is 431 g/mol. The zero-order valence-corrected chi connectivity index (χ0v) is 17.1. The second-order valence-electron chi connectivity index (χ2n) is 6.72. The third-order valence-electron chi connectivity index (χ3n) is 4.90. The van der Waals surface area contributed by atoms with E-state index in [2.05, 4.69) is 24.0 Å². The summed E-state index contributed by atoms with van der Waals surface area (Å²) in [5.41, 5.74) is 3.72. The molecule has 0 aromatic carbocycles. The number of nitrogens with one attached hydrogen (secondary N) is 1. The van der Waals surface area contributed by atoms with E-state index in [1.165, 1.54) is 11.5 Å². The number of phosphoric acid groups is 1. The smallest absolute Gasteiger partial charge is 0.389 e. The van der Waals surface area contributed by atoms with Gasteiger partial charge in [0.25, 0.3) is 5.56 Å². The fourth-order valence-electron chi connectivity index (χ4n) is 3.27. The van der Waals surface area contributed by atoms with E-state index < -0.39 is 37.2 Å². The Morgan fingerprint density at radius 1 is 1.41 bits per heavy atom. The van der Waals surface area contributed by atoms with Gasteiger partial charge < -0.3 is 20.4 Å². The average molecular weight is 431 g/mol. The van der Waals surface area contributed by atoms with Crippen molar-refractivity contribution in [2.24, 2.45) is 5.41 Å². The van der Waals surface area contributed by atoms with Crippen LogP contribution < -0.4 is 11.3 Å². The zero-order valence-electron chi connectivity index (χ0n) is 16.2. The predicted octanol–water partition coefficient (Wildman–Crippen LogP) is -0.109. The van der Waals surface area contributed by atoms with Crippen LogP contribution in [-0.4, -0.2) is 63.9 Å². The van der Waals surface area contributed by atoms with Gasteiger partial charge in [-0.3, -0.25) is 27.9 Å². The van der Waals surface area contributed by atoms with E-state index in [-0.39, 0.29) is 23.7 Å². The average Bonchev–Trinajstić information content (AvgIpc) is 3.14. The number of aldehydes is 1. The summed E-state index contributed by atoms with van der Waals surface area (Å²) in [4.78, 5) is 34.7. The van der Waals surface area contributed by atoms with Crippen LogP contribution in [0.25, 0.3) is 11.2 Å². The van der Waals surface area contributed by atoms with Gasteiger partial charge in [-0.1, -0.05) is 0 Å². The maximum atomic E-state index is 12.1. The molecule has 160 valence electrons. The lowest BCUT2D eigenvalue weighted by molar-refractivity contribution is -0.125. The topological polar surface area (TPSA) is 181 Å². The van der Waals surface area contributed by atoms with Gasteiger partial charge in [0.15, 0.2) is 17.4 Å². The highest BCUT2D eigenvalue weighted by Gasteiger charge is 2.55. The molecule has 4 N–H and O–H groups in total. The standard InChI is InChI=1S/C15H22N5O8P/c1-7-17-9-11(18-14(16)19-12(9)23)20(7)13-15(2,6-21)10(22)8(28-13)5-27-29(24,25-3)26-4/h6,8,10,13,22H,5H2,1-4H3,(H3,16,18,19,23). The quantitative estimate of drug-likeness (QED) is 0.393. The van der Waals surface area contributed by atoms with E-state index in [1.807, 2.05) is 0 Å². The molecule has 1 saturated heterocycles. The lowest BCUT2D eigenvalue weighted by atomic mass is 9.84. The van der Waals surface area contributed by atoms with Crippen molar-refractivity contribution in [3.05, 3.63) is 16.2 Å². The SMILES string of the molecule is COP(=O)(OC)OCC1OC(n2c(C)nc3c(=O)[nH]c(N)nc32)C(C)(C=O)C1O. The molecule has 2 aromatic rings. The van der Waals surface area contributed by atoms with Crippen LogP contribution >= 0.6 is 7.82 Å². The number of anilines is 1. The molecule has 3 rings (SSSR count). The molecule has 4 unspecified atom stereocenters. The number of nitrogens with zero attached hydrogens (tertiary/aromatic N) is 3. The Morgan fingerprint density at radius 2 is 2.07 bits per heavy atom. The van der Waals surface area contributed by atoms with Gasteiger partial charge in [0.1, 0.15) is 18.2 Å². The van der Waals surface area contributed by atoms with Crippen LogP contribution in [0.15, 0.2) is 4.79 Å². The molecule has 13 nitrogen and oxygen atoms in total. The third kappa shape index (κ3) is 3.50. The number of imidazole rings is 1. The van der Waals surface area contributed by atoms with Crippen LogP contribution in [-0.2, 0) is 27.7 Å². The lowest BCUT2D eigenvalue weighted by Crippen LogP contribution is -2.40. The summed E-state index contributed by atoms with van der Waals surface area (Å²) in [7, 11) is -1.54. The van der Waals surface area contributed by atoms with Crippen molar-refractivity contribution in [3.63, 3.8) is 0 Å². The summed E-state index contributed by atoms with van der Waals surface area (Å²) in [5.74, 6) is 0.172. The number of hydrogen-bond donors (Lipinski definition) is 3. The second-order valence-corrected chi connectivity index (χ2v) is 8.60. The molecule has 0 bridgehead atoms. The maximum absolute atomic E-state index is 12.1. The number of carbonyl (C=O) groups excluding carboxylic acids is 1. The van der Waals surface area contributed by atoms with Crippen LogP contribution in [0.4, 0.5) is 5.95 Å². The lowest BCUT2D eigenvalue weighted by Gasteiger charge is -2.28. The number of aryl methyl sites for hydroxylation is 1. The molecular formula is C15H22N5O8P. The number of aromatic nitrogens is 4. The number of fused-ring (bicyclic) bond motifs is 1. The van der Waals surface area contributed by atoms with Crippen LogP contribution in [0.5, 0.6) is 0 Å². The number of aromatic amines is 1. The van der Waals surface area contributed by atoms with Gasteiger partial charge >= 0.3 is 7.82 Å². The highest BCUT2D eigenvalue weighted by Crippen LogP contribution is 2.50. The number of ether oxygens (including phenoxy) is 1. The van der Waals surface area contributed by atoms with Gasteiger partial charge in [0.05, 0.1) is 18.1 Å².